The summed E-state index contributed by atoms with van der Waals surface area (Å²) in [4.78, 5) is 35.6. The molecular weight excluding hydrogens is 378 g/mol. The third-order valence-corrected chi connectivity index (χ3v) is 4.52. The molecule has 2 N–H and O–H groups in total. The summed E-state index contributed by atoms with van der Waals surface area (Å²) in [6.45, 7) is 0. The van der Waals surface area contributed by atoms with Crippen LogP contribution in [-0.4, -0.2) is 33.7 Å². The van der Waals surface area contributed by atoms with Crippen molar-refractivity contribution in [1.82, 2.24) is 20.3 Å². The second kappa shape index (κ2) is 7.23. The lowest BCUT2D eigenvalue weighted by molar-refractivity contribution is 0.0957. The molecule has 0 saturated carbocycles. The van der Waals surface area contributed by atoms with Crippen molar-refractivity contribution in [2.24, 2.45) is 0 Å². The fourth-order valence-electron chi connectivity index (χ4n) is 3.03. The molecular formula is C21H14F2N4O2. The molecule has 0 aliphatic heterocycles. The molecule has 0 atom stereocenters. The van der Waals surface area contributed by atoms with Crippen molar-refractivity contribution in [2.45, 2.75) is 0 Å². The standard InChI is InChI=1S/C21H14F2N4O2/c1-24-21(29)17-6-5-11(8-25-17)12-7-13-14(10-27-20(13)26-9-12)19(28)18-15(22)3-2-4-16(18)23/h2-10H,1H3,(H,24,29)(H,26,27). The van der Waals surface area contributed by atoms with Crippen LogP contribution in [0.2, 0.25) is 0 Å². The average molecular weight is 392 g/mol. The van der Waals surface area contributed by atoms with E-state index in [1.54, 1.807) is 24.4 Å². The number of ketones is 1. The van der Waals surface area contributed by atoms with E-state index in [-0.39, 0.29) is 17.2 Å². The highest BCUT2D eigenvalue weighted by Gasteiger charge is 2.22. The van der Waals surface area contributed by atoms with E-state index in [1.807, 2.05) is 0 Å². The highest BCUT2D eigenvalue weighted by atomic mass is 19.1. The smallest absolute Gasteiger partial charge is 0.269 e. The van der Waals surface area contributed by atoms with Crippen LogP contribution in [0.25, 0.3) is 22.2 Å². The Morgan fingerprint density at radius 1 is 1.00 bits per heavy atom. The lowest BCUT2D eigenvalue weighted by atomic mass is 10.0. The van der Waals surface area contributed by atoms with Gasteiger partial charge in [0.25, 0.3) is 5.91 Å². The van der Waals surface area contributed by atoms with Crippen molar-refractivity contribution in [3.05, 3.63) is 83.4 Å². The van der Waals surface area contributed by atoms with Crippen LogP contribution in [0.1, 0.15) is 26.4 Å². The van der Waals surface area contributed by atoms with E-state index in [0.717, 1.165) is 12.1 Å². The van der Waals surface area contributed by atoms with Gasteiger partial charge >= 0.3 is 0 Å². The number of H-pyrrole nitrogens is 1. The van der Waals surface area contributed by atoms with Gasteiger partial charge in [0.05, 0.1) is 5.56 Å². The van der Waals surface area contributed by atoms with E-state index in [9.17, 15) is 18.4 Å². The van der Waals surface area contributed by atoms with E-state index in [0.29, 0.717) is 22.2 Å². The minimum Gasteiger partial charge on any atom is -0.354 e. The Balaban J connectivity index is 1.77. The summed E-state index contributed by atoms with van der Waals surface area (Å²) in [5.74, 6) is -2.95. The topological polar surface area (TPSA) is 87.7 Å². The van der Waals surface area contributed by atoms with E-state index < -0.39 is 23.0 Å². The maximum absolute atomic E-state index is 14.0. The predicted molar refractivity (Wildman–Crippen MR) is 103 cm³/mol. The molecule has 3 aromatic heterocycles. The Kier molecular flexibility index (Phi) is 4.59. The van der Waals surface area contributed by atoms with E-state index in [1.165, 1.54) is 25.5 Å². The number of aromatic amines is 1. The van der Waals surface area contributed by atoms with E-state index in [4.69, 9.17) is 0 Å². The maximum Gasteiger partial charge on any atom is 0.269 e. The third-order valence-electron chi connectivity index (χ3n) is 4.52. The van der Waals surface area contributed by atoms with Crippen LogP contribution >= 0.6 is 0 Å². The number of carbonyl (C=O) groups excluding carboxylic acids is 2. The molecule has 4 rings (SSSR count). The molecule has 0 unspecified atom stereocenters. The van der Waals surface area contributed by atoms with Gasteiger partial charge in [-0.1, -0.05) is 12.1 Å². The van der Waals surface area contributed by atoms with E-state index in [2.05, 4.69) is 20.3 Å². The van der Waals surface area contributed by atoms with Gasteiger partial charge in [0, 0.05) is 47.7 Å². The largest absolute Gasteiger partial charge is 0.354 e. The van der Waals surface area contributed by atoms with Crippen LogP contribution in [0.15, 0.2) is 55.0 Å². The molecule has 6 nitrogen and oxygen atoms in total. The van der Waals surface area contributed by atoms with Crippen molar-refractivity contribution in [1.29, 1.82) is 0 Å². The zero-order valence-corrected chi connectivity index (χ0v) is 15.2. The number of carbonyl (C=O) groups is 2. The van der Waals surface area contributed by atoms with Crippen molar-refractivity contribution in [3.8, 4) is 11.1 Å². The first-order chi connectivity index (χ1) is 14.0. The highest BCUT2D eigenvalue weighted by Crippen LogP contribution is 2.27. The lowest BCUT2D eigenvalue weighted by Crippen LogP contribution is -2.18. The quantitative estimate of drug-likeness (QED) is 0.521. The molecule has 0 fully saturated rings. The summed E-state index contributed by atoms with van der Waals surface area (Å²) in [6, 6.07) is 8.22. The number of rotatable bonds is 4. The molecule has 8 heteroatoms. The summed E-state index contributed by atoms with van der Waals surface area (Å²) < 4.78 is 28.1. The van der Waals surface area contributed by atoms with Gasteiger partial charge in [-0.2, -0.15) is 0 Å². The highest BCUT2D eigenvalue weighted by molar-refractivity contribution is 6.16. The first kappa shape index (κ1) is 18.4. The Bertz CT molecular complexity index is 1230. The molecule has 4 aromatic rings. The van der Waals surface area contributed by atoms with Gasteiger partial charge in [-0.05, 0) is 24.3 Å². The summed E-state index contributed by atoms with van der Waals surface area (Å²) >= 11 is 0. The molecule has 3 heterocycles. The summed E-state index contributed by atoms with van der Waals surface area (Å²) in [5, 5.41) is 2.91. The van der Waals surface area contributed by atoms with E-state index >= 15 is 0 Å². The minimum atomic E-state index is -0.928. The number of amides is 1. The number of benzene rings is 1. The van der Waals surface area contributed by atoms with Gasteiger partial charge in [-0.25, -0.2) is 13.8 Å². The molecule has 1 aromatic carbocycles. The fourth-order valence-corrected chi connectivity index (χ4v) is 3.03. The monoisotopic (exact) mass is 392 g/mol. The SMILES string of the molecule is CNC(=O)c1ccc(-c2cnc3[nH]cc(C(=O)c4c(F)cccc4F)c3c2)cn1. The minimum absolute atomic E-state index is 0.105. The second-order valence-corrected chi connectivity index (χ2v) is 6.26. The lowest BCUT2D eigenvalue weighted by Gasteiger charge is -2.05. The molecule has 29 heavy (non-hydrogen) atoms. The van der Waals surface area contributed by atoms with Gasteiger partial charge in [-0.3, -0.25) is 14.6 Å². The van der Waals surface area contributed by atoms with Crippen LogP contribution in [0.4, 0.5) is 8.78 Å². The summed E-state index contributed by atoms with van der Waals surface area (Å²) in [7, 11) is 1.51. The van der Waals surface area contributed by atoms with Gasteiger partial charge in [-0.15, -0.1) is 0 Å². The number of aromatic nitrogens is 3. The van der Waals surface area contributed by atoms with Crippen molar-refractivity contribution < 1.29 is 18.4 Å². The molecule has 0 spiro atoms. The molecule has 0 saturated heterocycles. The number of pyridine rings is 2. The number of hydrogen-bond donors (Lipinski definition) is 2. The second-order valence-electron chi connectivity index (χ2n) is 6.26. The average Bonchev–Trinajstić information content (AvgIpc) is 3.16. The van der Waals surface area contributed by atoms with Gasteiger partial charge in [0.1, 0.15) is 23.0 Å². The molecule has 0 aliphatic rings. The Morgan fingerprint density at radius 2 is 1.72 bits per heavy atom. The first-order valence-electron chi connectivity index (χ1n) is 8.64. The van der Waals surface area contributed by atoms with Crippen molar-refractivity contribution >= 4 is 22.7 Å². The Hall–Kier alpha value is -3.94. The molecule has 0 aliphatic carbocycles. The number of nitrogens with zero attached hydrogens (tertiary/aromatic N) is 2. The van der Waals surface area contributed by atoms with Crippen LogP contribution in [0.3, 0.4) is 0 Å². The fraction of sp³-hybridized carbons (Fsp3) is 0.0476. The molecule has 0 radical (unpaired) electrons. The predicted octanol–water partition coefficient (Wildman–Crippen LogP) is 3.49. The summed E-state index contributed by atoms with van der Waals surface area (Å²) in [6.07, 6.45) is 4.47. The Labute approximate surface area is 163 Å². The van der Waals surface area contributed by atoms with Crippen LogP contribution in [0, 0.1) is 11.6 Å². The third kappa shape index (κ3) is 3.25. The van der Waals surface area contributed by atoms with Gasteiger partial charge in [0.15, 0.2) is 0 Å². The zero-order chi connectivity index (χ0) is 20.5. The van der Waals surface area contributed by atoms with Crippen LogP contribution in [0.5, 0.6) is 0 Å². The van der Waals surface area contributed by atoms with Gasteiger partial charge in [0.2, 0.25) is 5.78 Å². The number of nitrogens with one attached hydrogen (secondary N) is 2. The van der Waals surface area contributed by atoms with Crippen LogP contribution in [-0.2, 0) is 0 Å². The number of fused-ring (bicyclic) bond motifs is 1. The number of hydrogen-bond acceptors (Lipinski definition) is 4. The van der Waals surface area contributed by atoms with Crippen LogP contribution < -0.4 is 5.32 Å². The molecule has 1 amide bonds. The van der Waals surface area contributed by atoms with Gasteiger partial charge < -0.3 is 10.3 Å². The summed E-state index contributed by atoms with van der Waals surface area (Å²) in [5.41, 5.74) is 1.46. The number of halogens is 2. The van der Waals surface area contributed by atoms with Crippen molar-refractivity contribution in [3.63, 3.8) is 0 Å². The zero-order valence-electron chi connectivity index (χ0n) is 15.2. The normalized spacial score (nSPS) is 10.9. The first-order valence-corrected chi connectivity index (χ1v) is 8.64. The molecule has 144 valence electrons. The molecule has 0 bridgehead atoms. The maximum atomic E-state index is 14.0. The Morgan fingerprint density at radius 3 is 2.38 bits per heavy atom. The van der Waals surface area contributed by atoms with Crippen molar-refractivity contribution in [2.75, 3.05) is 7.05 Å².